The van der Waals surface area contributed by atoms with Crippen molar-refractivity contribution in [2.75, 3.05) is 12.3 Å². The number of hydrogen-bond donors (Lipinski definition) is 1. The molecule has 70 valence electrons. The molecule has 0 atom stereocenters. The molecular weight excluding hydrogens is 168 g/mol. The topological polar surface area (TPSA) is 65.2 Å². The van der Waals surface area contributed by atoms with Gasteiger partial charge in [0, 0.05) is 6.20 Å². The van der Waals surface area contributed by atoms with E-state index >= 15 is 0 Å². The molecule has 0 unspecified atom stereocenters. The van der Waals surface area contributed by atoms with E-state index in [0.29, 0.717) is 17.9 Å². The van der Waals surface area contributed by atoms with Gasteiger partial charge in [0.25, 0.3) is 0 Å². The molecule has 0 fully saturated rings. The number of nitrogens with zero attached hydrogens (tertiary/aromatic N) is 1. The predicted octanol–water partition coefficient (Wildman–Crippen LogP) is 1.23. The van der Waals surface area contributed by atoms with Crippen LogP contribution in [0.5, 0.6) is 0 Å². The molecular formula is C9H12N2O2. The summed E-state index contributed by atoms with van der Waals surface area (Å²) >= 11 is 0. The lowest BCUT2D eigenvalue weighted by Crippen LogP contribution is -2.08. The number of ether oxygens (including phenoxy) is 1. The van der Waals surface area contributed by atoms with E-state index in [9.17, 15) is 4.79 Å². The number of anilines is 1. The number of nitrogens with two attached hydrogens (primary N) is 1. The van der Waals surface area contributed by atoms with Crippen molar-refractivity contribution in [1.82, 2.24) is 4.98 Å². The minimum Gasteiger partial charge on any atom is -0.462 e. The van der Waals surface area contributed by atoms with E-state index in [0.717, 1.165) is 6.42 Å². The van der Waals surface area contributed by atoms with Gasteiger partial charge in [-0.25, -0.2) is 4.79 Å². The molecule has 0 amide bonds. The van der Waals surface area contributed by atoms with E-state index in [-0.39, 0.29) is 5.97 Å². The van der Waals surface area contributed by atoms with Crippen LogP contribution in [0.25, 0.3) is 0 Å². The highest BCUT2D eigenvalue weighted by atomic mass is 16.5. The first kappa shape index (κ1) is 9.51. The van der Waals surface area contributed by atoms with Gasteiger partial charge in [-0.2, -0.15) is 0 Å². The second-order valence-corrected chi connectivity index (χ2v) is 2.60. The Kier molecular flexibility index (Phi) is 3.25. The zero-order valence-corrected chi connectivity index (χ0v) is 7.49. The maximum atomic E-state index is 11.3. The summed E-state index contributed by atoms with van der Waals surface area (Å²) in [6, 6.07) is 1.55. The normalized spacial score (nSPS) is 9.62. The molecule has 0 radical (unpaired) electrons. The number of hydrogen-bond acceptors (Lipinski definition) is 4. The molecule has 0 saturated heterocycles. The van der Waals surface area contributed by atoms with Crippen LogP contribution in [0, 0.1) is 0 Å². The van der Waals surface area contributed by atoms with Crippen LogP contribution in [-0.2, 0) is 4.74 Å². The molecule has 0 spiro atoms. The van der Waals surface area contributed by atoms with Crippen molar-refractivity contribution in [3.63, 3.8) is 0 Å². The summed E-state index contributed by atoms with van der Waals surface area (Å²) in [7, 11) is 0. The van der Waals surface area contributed by atoms with Crippen LogP contribution in [0.15, 0.2) is 18.5 Å². The van der Waals surface area contributed by atoms with Crippen LogP contribution in [0.3, 0.4) is 0 Å². The minimum absolute atomic E-state index is 0.351. The van der Waals surface area contributed by atoms with E-state index < -0.39 is 0 Å². The number of carbonyl (C=O) groups excluding carboxylic acids is 1. The van der Waals surface area contributed by atoms with Crippen LogP contribution in [0.2, 0.25) is 0 Å². The Bertz CT molecular complexity index is 299. The van der Waals surface area contributed by atoms with Crippen molar-refractivity contribution >= 4 is 11.7 Å². The largest absolute Gasteiger partial charge is 0.462 e. The Labute approximate surface area is 76.7 Å². The summed E-state index contributed by atoms with van der Waals surface area (Å²) in [6.45, 7) is 2.35. The van der Waals surface area contributed by atoms with Gasteiger partial charge < -0.3 is 10.5 Å². The minimum atomic E-state index is -0.387. The molecule has 0 aliphatic rings. The fourth-order valence-electron chi connectivity index (χ4n) is 0.865. The van der Waals surface area contributed by atoms with Gasteiger partial charge in [-0.05, 0) is 12.5 Å². The number of esters is 1. The zero-order valence-electron chi connectivity index (χ0n) is 7.49. The van der Waals surface area contributed by atoms with Gasteiger partial charge in [-0.3, -0.25) is 4.98 Å². The number of nitrogen functional groups attached to an aromatic ring is 1. The number of rotatable bonds is 3. The Balaban J connectivity index is 2.71. The molecule has 4 heteroatoms. The van der Waals surface area contributed by atoms with Crippen molar-refractivity contribution in [2.24, 2.45) is 0 Å². The third-order valence-corrected chi connectivity index (χ3v) is 1.51. The summed E-state index contributed by atoms with van der Waals surface area (Å²) < 4.78 is 4.91. The molecule has 13 heavy (non-hydrogen) atoms. The van der Waals surface area contributed by atoms with Crippen molar-refractivity contribution in [3.05, 3.63) is 24.0 Å². The fourth-order valence-corrected chi connectivity index (χ4v) is 0.865. The standard InChI is InChI=1S/C9H12N2O2/c1-2-5-13-9(12)7-3-4-11-6-8(7)10/h3-4,6H,2,5,10H2,1H3. The maximum absolute atomic E-state index is 11.3. The average Bonchev–Trinajstić information content (AvgIpc) is 2.15. The monoisotopic (exact) mass is 180 g/mol. The second kappa shape index (κ2) is 4.45. The van der Waals surface area contributed by atoms with E-state index in [1.165, 1.54) is 12.4 Å². The van der Waals surface area contributed by atoms with Crippen molar-refractivity contribution in [1.29, 1.82) is 0 Å². The van der Waals surface area contributed by atoms with Crippen molar-refractivity contribution in [2.45, 2.75) is 13.3 Å². The van der Waals surface area contributed by atoms with Crippen LogP contribution in [-0.4, -0.2) is 17.6 Å². The van der Waals surface area contributed by atoms with Crippen LogP contribution in [0.1, 0.15) is 23.7 Å². The zero-order chi connectivity index (χ0) is 9.68. The molecule has 0 aliphatic heterocycles. The Hall–Kier alpha value is -1.58. The average molecular weight is 180 g/mol. The molecule has 1 aromatic rings. The predicted molar refractivity (Wildman–Crippen MR) is 49.2 cm³/mol. The number of pyridine rings is 1. The highest BCUT2D eigenvalue weighted by molar-refractivity contribution is 5.94. The lowest BCUT2D eigenvalue weighted by atomic mass is 10.2. The van der Waals surface area contributed by atoms with E-state index in [2.05, 4.69) is 4.98 Å². The highest BCUT2D eigenvalue weighted by Gasteiger charge is 2.09. The molecule has 0 aromatic carbocycles. The summed E-state index contributed by atoms with van der Waals surface area (Å²) in [4.78, 5) is 15.1. The third-order valence-electron chi connectivity index (χ3n) is 1.51. The summed E-state index contributed by atoms with van der Waals surface area (Å²) in [5, 5.41) is 0. The molecule has 1 rings (SSSR count). The lowest BCUT2D eigenvalue weighted by Gasteiger charge is -2.04. The van der Waals surface area contributed by atoms with Gasteiger partial charge in [-0.15, -0.1) is 0 Å². The first-order valence-corrected chi connectivity index (χ1v) is 4.12. The van der Waals surface area contributed by atoms with E-state index in [4.69, 9.17) is 10.5 Å². The van der Waals surface area contributed by atoms with Gasteiger partial charge in [0.15, 0.2) is 0 Å². The smallest absolute Gasteiger partial charge is 0.340 e. The van der Waals surface area contributed by atoms with Gasteiger partial charge in [0.1, 0.15) is 0 Å². The first-order chi connectivity index (χ1) is 6.25. The lowest BCUT2D eigenvalue weighted by molar-refractivity contribution is 0.0506. The van der Waals surface area contributed by atoms with E-state index in [1.54, 1.807) is 6.07 Å². The summed E-state index contributed by atoms with van der Waals surface area (Å²) in [5.41, 5.74) is 6.26. The molecule has 1 aromatic heterocycles. The van der Waals surface area contributed by atoms with Crippen LogP contribution < -0.4 is 5.73 Å². The highest BCUT2D eigenvalue weighted by Crippen LogP contribution is 2.09. The van der Waals surface area contributed by atoms with E-state index in [1.807, 2.05) is 6.92 Å². The molecule has 2 N–H and O–H groups in total. The summed E-state index contributed by atoms with van der Waals surface area (Å²) in [6.07, 6.45) is 3.75. The summed E-state index contributed by atoms with van der Waals surface area (Å²) in [5.74, 6) is -0.387. The SMILES string of the molecule is CCCOC(=O)c1ccncc1N. The van der Waals surface area contributed by atoms with Gasteiger partial charge in [-0.1, -0.05) is 6.92 Å². The molecule has 4 nitrogen and oxygen atoms in total. The molecule has 0 bridgehead atoms. The first-order valence-electron chi connectivity index (χ1n) is 4.12. The third kappa shape index (κ3) is 2.43. The fraction of sp³-hybridized carbons (Fsp3) is 0.333. The van der Waals surface area contributed by atoms with Gasteiger partial charge >= 0.3 is 5.97 Å². The quantitative estimate of drug-likeness (QED) is 0.710. The van der Waals surface area contributed by atoms with Crippen molar-refractivity contribution in [3.8, 4) is 0 Å². The molecule has 1 heterocycles. The number of carbonyl (C=O) groups is 1. The van der Waals surface area contributed by atoms with Crippen LogP contribution in [0.4, 0.5) is 5.69 Å². The van der Waals surface area contributed by atoms with Gasteiger partial charge in [0.2, 0.25) is 0 Å². The Morgan fingerprint density at radius 1 is 1.69 bits per heavy atom. The number of aromatic nitrogens is 1. The Morgan fingerprint density at radius 2 is 2.46 bits per heavy atom. The van der Waals surface area contributed by atoms with Crippen LogP contribution >= 0.6 is 0 Å². The second-order valence-electron chi connectivity index (χ2n) is 2.60. The Morgan fingerprint density at radius 3 is 3.08 bits per heavy atom. The molecule has 0 saturated carbocycles. The maximum Gasteiger partial charge on any atom is 0.340 e. The van der Waals surface area contributed by atoms with Gasteiger partial charge in [0.05, 0.1) is 24.1 Å². The molecule has 0 aliphatic carbocycles. The van der Waals surface area contributed by atoms with Crippen molar-refractivity contribution < 1.29 is 9.53 Å².